The summed E-state index contributed by atoms with van der Waals surface area (Å²) >= 11 is 3.49. The summed E-state index contributed by atoms with van der Waals surface area (Å²) in [5.74, 6) is 0.810. The molecule has 82 valence electrons. The summed E-state index contributed by atoms with van der Waals surface area (Å²) in [7, 11) is 0. The second-order valence-electron chi connectivity index (χ2n) is 4.41. The lowest BCUT2D eigenvalue weighted by Crippen LogP contribution is -1.92. The van der Waals surface area contributed by atoms with Crippen LogP contribution >= 0.6 is 15.9 Å². The number of carbonyl (C=O) groups is 1. The van der Waals surface area contributed by atoms with Gasteiger partial charge in [-0.3, -0.25) is 4.79 Å². The Morgan fingerprint density at radius 3 is 3.00 bits per heavy atom. The molecule has 0 spiro atoms. The number of hydrogen-bond donors (Lipinski definition) is 1. The first-order valence-electron chi connectivity index (χ1n) is 5.52. The third-order valence-electron chi connectivity index (χ3n) is 3.36. The number of benzene rings is 1. The summed E-state index contributed by atoms with van der Waals surface area (Å²) in [5, 5.41) is 1.24. The first-order chi connectivity index (χ1) is 7.74. The van der Waals surface area contributed by atoms with Crippen LogP contribution < -0.4 is 0 Å². The first-order valence-corrected chi connectivity index (χ1v) is 6.31. The molecule has 1 N–H and O–H groups in total. The minimum absolute atomic E-state index is 0.398. The van der Waals surface area contributed by atoms with E-state index in [9.17, 15) is 4.79 Å². The molecule has 0 radical (unpaired) electrons. The number of nitrogens with one attached hydrogen (secondary N) is 1. The minimum atomic E-state index is 0.398. The topological polar surface area (TPSA) is 32.9 Å². The third kappa shape index (κ3) is 1.59. The standard InChI is InChI=1S/C13H12BrNO/c14-9-2-4-13-11(6-9)12(7-15-13)8-1-3-10(16)5-8/h2,4,6-8,15H,1,3,5H2/t8-/m0/s1. The molecule has 1 aliphatic carbocycles. The molecular weight excluding hydrogens is 266 g/mol. The maximum atomic E-state index is 11.3. The van der Waals surface area contributed by atoms with Crippen molar-refractivity contribution in [1.29, 1.82) is 0 Å². The van der Waals surface area contributed by atoms with Crippen LogP contribution in [-0.2, 0) is 4.79 Å². The monoisotopic (exact) mass is 277 g/mol. The number of fused-ring (bicyclic) bond motifs is 1. The largest absolute Gasteiger partial charge is 0.361 e. The predicted molar refractivity (Wildman–Crippen MR) is 67.6 cm³/mol. The second-order valence-corrected chi connectivity index (χ2v) is 5.33. The van der Waals surface area contributed by atoms with Crippen LogP contribution in [0, 0.1) is 0 Å². The fraction of sp³-hybridized carbons (Fsp3) is 0.308. The van der Waals surface area contributed by atoms with E-state index in [1.807, 2.05) is 6.07 Å². The highest BCUT2D eigenvalue weighted by atomic mass is 79.9. The van der Waals surface area contributed by atoms with Crippen molar-refractivity contribution in [3.8, 4) is 0 Å². The van der Waals surface area contributed by atoms with Crippen molar-refractivity contribution in [1.82, 2.24) is 4.98 Å². The lowest BCUT2D eigenvalue weighted by atomic mass is 9.97. The number of rotatable bonds is 1. The van der Waals surface area contributed by atoms with Gasteiger partial charge in [0.2, 0.25) is 0 Å². The van der Waals surface area contributed by atoms with Crippen LogP contribution in [0.3, 0.4) is 0 Å². The molecular formula is C13H12BrNO. The molecule has 0 unspecified atom stereocenters. The van der Waals surface area contributed by atoms with Crippen molar-refractivity contribution in [2.75, 3.05) is 0 Å². The fourth-order valence-electron chi connectivity index (χ4n) is 2.53. The molecule has 1 aliphatic rings. The maximum Gasteiger partial charge on any atom is 0.133 e. The molecule has 2 nitrogen and oxygen atoms in total. The molecule has 1 fully saturated rings. The molecule has 0 amide bonds. The van der Waals surface area contributed by atoms with E-state index in [0.717, 1.165) is 22.8 Å². The summed E-state index contributed by atoms with van der Waals surface area (Å²) in [6, 6.07) is 6.23. The zero-order valence-electron chi connectivity index (χ0n) is 8.79. The maximum absolute atomic E-state index is 11.3. The summed E-state index contributed by atoms with van der Waals surface area (Å²) < 4.78 is 1.09. The molecule has 1 saturated carbocycles. The lowest BCUT2D eigenvalue weighted by molar-refractivity contribution is -0.117. The zero-order chi connectivity index (χ0) is 11.1. The number of hydrogen-bond acceptors (Lipinski definition) is 1. The van der Waals surface area contributed by atoms with E-state index in [2.05, 4.69) is 39.2 Å². The number of carbonyl (C=O) groups excluding carboxylic acids is 1. The van der Waals surface area contributed by atoms with Gasteiger partial charge in [0.25, 0.3) is 0 Å². The molecule has 3 heteroatoms. The molecule has 0 bridgehead atoms. The van der Waals surface area contributed by atoms with Crippen molar-refractivity contribution in [2.45, 2.75) is 25.2 Å². The molecule has 3 rings (SSSR count). The molecule has 1 aromatic carbocycles. The van der Waals surface area contributed by atoms with E-state index in [1.165, 1.54) is 10.9 Å². The van der Waals surface area contributed by atoms with Crippen molar-refractivity contribution in [2.24, 2.45) is 0 Å². The average molecular weight is 278 g/mol. The van der Waals surface area contributed by atoms with Crippen molar-refractivity contribution < 1.29 is 4.79 Å². The number of ketones is 1. The van der Waals surface area contributed by atoms with Crippen LogP contribution in [0.2, 0.25) is 0 Å². The van der Waals surface area contributed by atoms with Crippen LogP contribution in [0.25, 0.3) is 10.9 Å². The van der Waals surface area contributed by atoms with Gasteiger partial charge in [-0.05, 0) is 36.1 Å². The van der Waals surface area contributed by atoms with Gasteiger partial charge in [-0.25, -0.2) is 0 Å². The minimum Gasteiger partial charge on any atom is -0.361 e. The quantitative estimate of drug-likeness (QED) is 0.846. The van der Waals surface area contributed by atoms with Gasteiger partial charge in [0, 0.05) is 34.4 Å². The van der Waals surface area contributed by atoms with Gasteiger partial charge < -0.3 is 4.98 Å². The number of aromatic amines is 1. The predicted octanol–water partition coefficient (Wildman–Crippen LogP) is 3.77. The van der Waals surface area contributed by atoms with Crippen molar-refractivity contribution in [3.63, 3.8) is 0 Å². The van der Waals surface area contributed by atoms with Gasteiger partial charge in [0.15, 0.2) is 0 Å². The Morgan fingerprint density at radius 1 is 1.38 bits per heavy atom. The van der Waals surface area contributed by atoms with Gasteiger partial charge >= 0.3 is 0 Å². The van der Waals surface area contributed by atoms with Crippen LogP contribution in [0.4, 0.5) is 0 Å². The SMILES string of the molecule is O=C1CC[C@H](c2c[nH]c3ccc(Br)cc23)C1. The van der Waals surface area contributed by atoms with Gasteiger partial charge in [-0.2, -0.15) is 0 Å². The molecule has 2 aromatic rings. The van der Waals surface area contributed by atoms with Crippen LogP contribution in [-0.4, -0.2) is 10.8 Å². The van der Waals surface area contributed by atoms with E-state index in [4.69, 9.17) is 0 Å². The number of halogens is 1. The highest BCUT2D eigenvalue weighted by Gasteiger charge is 2.25. The molecule has 1 aromatic heterocycles. The Hall–Kier alpha value is -1.09. The van der Waals surface area contributed by atoms with E-state index < -0.39 is 0 Å². The average Bonchev–Trinajstić information content (AvgIpc) is 2.83. The molecule has 0 saturated heterocycles. The third-order valence-corrected chi connectivity index (χ3v) is 3.85. The molecule has 1 atom stereocenters. The van der Waals surface area contributed by atoms with Gasteiger partial charge in [-0.1, -0.05) is 15.9 Å². The fourth-order valence-corrected chi connectivity index (χ4v) is 2.89. The summed E-state index contributed by atoms with van der Waals surface area (Å²) in [6.07, 6.45) is 4.50. The number of Topliss-reactive ketones (excluding diaryl/α,β-unsaturated/α-hetero) is 1. The summed E-state index contributed by atoms with van der Waals surface area (Å²) in [4.78, 5) is 14.6. The van der Waals surface area contributed by atoms with Crippen molar-refractivity contribution >= 4 is 32.6 Å². The zero-order valence-corrected chi connectivity index (χ0v) is 10.4. The first kappa shape index (κ1) is 10.1. The van der Waals surface area contributed by atoms with E-state index in [-0.39, 0.29) is 0 Å². The Morgan fingerprint density at radius 2 is 2.25 bits per heavy atom. The second kappa shape index (κ2) is 3.74. The highest BCUT2D eigenvalue weighted by molar-refractivity contribution is 9.10. The van der Waals surface area contributed by atoms with E-state index >= 15 is 0 Å². The summed E-state index contributed by atoms with van der Waals surface area (Å²) in [5.41, 5.74) is 2.44. The van der Waals surface area contributed by atoms with Gasteiger partial charge in [0.05, 0.1) is 0 Å². The Balaban J connectivity index is 2.09. The van der Waals surface area contributed by atoms with Crippen LogP contribution in [0.1, 0.15) is 30.7 Å². The molecule has 1 heterocycles. The normalized spacial score (nSPS) is 20.8. The molecule has 0 aliphatic heterocycles. The Bertz CT molecular complexity index is 558. The van der Waals surface area contributed by atoms with Crippen LogP contribution in [0.5, 0.6) is 0 Å². The Labute approximate surface area is 102 Å². The number of aromatic nitrogens is 1. The van der Waals surface area contributed by atoms with Gasteiger partial charge in [0.1, 0.15) is 5.78 Å². The lowest BCUT2D eigenvalue weighted by Gasteiger charge is -2.06. The van der Waals surface area contributed by atoms with Gasteiger partial charge in [-0.15, -0.1) is 0 Å². The smallest absolute Gasteiger partial charge is 0.133 e. The summed E-state index contributed by atoms with van der Waals surface area (Å²) in [6.45, 7) is 0. The highest BCUT2D eigenvalue weighted by Crippen LogP contribution is 2.36. The van der Waals surface area contributed by atoms with Crippen LogP contribution in [0.15, 0.2) is 28.9 Å². The van der Waals surface area contributed by atoms with Crippen molar-refractivity contribution in [3.05, 3.63) is 34.4 Å². The van der Waals surface area contributed by atoms with E-state index in [1.54, 1.807) is 0 Å². The number of H-pyrrole nitrogens is 1. The Kier molecular flexibility index (Phi) is 2.36. The van der Waals surface area contributed by atoms with E-state index in [0.29, 0.717) is 18.1 Å². The molecule has 16 heavy (non-hydrogen) atoms.